The highest BCUT2D eigenvalue weighted by atomic mass is 16.3. The van der Waals surface area contributed by atoms with Crippen LogP contribution in [0.5, 0.6) is 0 Å². The molecule has 0 radical (unpaired) electrons. The summed E-state index contributed by atoms with van der Waals surface area (Å²) in [5, 5.41) is 18.9. The Morgan fingerprint density at radius 2 is 1.83 bits per heavy atom. The van der Waals surface area contributed by atoms with Gasteiger partial charge in [-0.15, -0.1) is 0 Å². The topological polar surface area (TPSA) is 40.5 Å². The van der Waals surface area contributed by atoms with Crippen LogP contribution >= 0.6 is 0 Å². The van der Waals surface area contributed by atoms with Crippen molar-refractivity contribution in [1.82, 2.24) is 0 Å². The summed E-state index contributed by atoms with van der Waals surface area (Å²) in [6, 6.07) is 0. The molecule has 0 bridgehead atoms. The first-order valence-corrected chi connectivity index (χ1v) is 4.18. The highest BCUT2D eigenvalue weighted by Gasteiger charge is 2.28. The van der Waals surface area contributed by atoms with Gasteiger partial charge in [-0.1, -0.05) is 39.0 Å². The van der Waals surface area contributed by atoms with Crippen molar-refractivity contribution in [2.24, 2.45) is 5.41 Å². The van der Waals surface area contributed by atoms with E-state index in [0.717, 1.165) is 5.57 Å². The van der Waals surface area contributed by atoms with Gasteiger partial charge in [-0.3, -0.25) is 0 Å². The van der Waals surface area contributed by atoms with Gasteiger partial charge >= 0.3 is 0 Å². The van der Waals surface area contributed by atoms with Crippen molar-refractivity contribution in [3.8, 4) is 0 Å². The lowest BCUT2D eigenvalue weighted by Crippen LogP contribution is -2.33. The van der Waals surface area contributed by atoms with Crippen molar-refractivity contribution < 1.29 is 10.2 Å². The molecule has 2 atom stereocenters. The number of rotatable bonds is 0. The van der Waals surface area contributed by atoms with Crippen LogP contribution < -0.4 is 0 Å². The van der Waals surface area contributed by atoms with Gasteiger partial charge in [0.25, 0.3) is 0 Å². The first-order chi connectivity index (χ1) is 5.43. The molecule has 1 aliphatic carbocycles. The third-order valence-electron chi connectivity index (χ3n) is 2.09. The van der Waals surface area contributed by atoms with Crippen LogP contribution in [0.2, 0.25) is 0 Å². The lowest BCUT2D eigenvalue weighted by Gasteiger charge is -2.30. The fourth-order valence-electron chi connectivity index (χ4n) is 1.35. The zero-order valence-electron chi connectivity index (χ0n) is 7.78. The molecular formula is C10H16O2. The van der Waals surface area contributed by atoms with Crippen LogP contribution in [0.25, 0.3) is 0 Å². The Morgan fingerprint density at radius 1 is 1.25 bits per heavy atom. The number of allylic oxidation sites excluding steroid dienone is 2. The van der Waals surface area contributed by atoms with E-state index in [-0.39, 0.29) is 5.41 Å². The standard InChI is InChI=1S/C10H16O2/c1-10(2,3)7-5-4-6-8(11)9(7)12/h4-6,8-9,11-12H,1-3H3/t8-,9+/m0/s1. The van der Waals surface area contributed by atoms with E-state index in [9.17, 15) is 10.2 Å². The van der Waals surface area contributed by atoms with Crippen LogP contribution in [-0.4, -0.2) is 22.4 Å². The van der Waals surface area contributed by atoms with Crippen LogP contribution in [0.3, 0.4) is 0 Å². The summed E-state index contributed by atoms with van der Waals surface area (Å²) in [6.07, 6.45) is 3.77. The molecule has 0 heterocycles. The molecule has 1 rings (SSSR count). The zero-order valence-corrected chi connectivity index (χ0v) is 7.78. The van der Waals surface area contributed by atoms with E-state index in [4.69, 9.17) is 0 Å². The van der Waals surface area contributed by atoms with E-state index in [1.54, 1.807) is 12.2 Å². The summed E-state index contributed by atoms with van der Waals surface area (Å²) < 4.78 is 0. The largest absolute Gasteiger partial charge is 0.386 e. The minimum atomic E-state index is -0.746. The van der Waals surface area contributed by atoms with E-state index in [1.807, 2.05) is 26.8 Å². The van der Waals surface area contributed by atoms with Crippen LogP contribution in [-0.2, 0) is 0 Å². The van der Waals surface area contributed by atoms with E-state index < -0.39 is 12.2 Å². The molecule has 12 heavy (non-hydrogen) atoms. The van der Waals surface area contributed by atoms with Crippen molar-refractivity contribution in [2.45, 2.75) is 33.0 Å². The zero-order chi connectivity index (χ0) is 9.35. The van der Waals surface area contributed by atoms with Crippen LogP contribution in [0.1, 0.15) is 20.8 Å². The van der Waals surface area contributed by atoms with Crippen molar-refractivity contribution in [2.75, 3.05) is 0 Å². The molecule has 0 saturated carbocycles. The first kappa shape index (κ1) is 9.49. The molecule has 0 spiro atoms. The Kier molecular flexibility index (Phi) is 2.40. The second-order valence-electron chi connectivity index (χ2n) is 4.19. The number of hydrogen-bond acceptors (Lipinski definition) is 2. The average Bonchev–Trinajstić information content (AvgIpc) is 1.92. The molecule has 0 fully saturated rings. The smallest absolute Gasteiger partial charge is 0.105 e. The lowest BCUT2D eigenvalue weighted by atomic mass is 9.79. The molecule has 0 aromatic rings. The van der Waals surface area contributed by atoms with Gasteiger partial charge < -0.3 is 10.2 Å². The predicted molar refractivity (Wildman–Crippen MR) is 48.7 cm³/mol. The maximum atomic E-state index is 9.60. The molecule has 0 unspecified atom stereocenters. The van der Waals surface area contributed by atoms with Crippen molar-refractivity contribution in [3.05, 3.63) is 23.8 Å². The third-order valence-corrected chi connectivity index (χ3v) is 2.09. The maximum Gasteiger partial charge on any atom is 0.105 e. The summed E-state index contributed by atoms with van der Waals surface area (Å²) in [4.78, 5) is 0. The monoisotopic (exact) mass is 168 g/mol. The van der Waals surface area contributed by atoms with Crippen molar-refractivity contribution in [1.29, 1.82) is 0 Å². The SMILES string of the molecule is CC(C)(C)C1=CC=C[C@H](O)[C@@H]1O. The normalized spacial score (nSPS) is 30.2. The van der Waals surface area contributed by atoms with Gasteiger partial charge in [0.15, 0.2) is 0 Å². The fraction of sp³-hybridized carbons (Fsp3) is 0.600. The molecule has 0 aromatic heterocycles. The van der Waals surface area contributed by atoms with Gasteiger partial charge in [0.2, 0.25) is 0 Å². The molecule has 0 aliphatic heterocycles. The molecule has 2 heteroatoms. The maximum absolute atomic E-state index is 9.60. The van der Waals surface area contributed by atoms with Crippen LogP contribution in [0, 0.1) is 5.41 Å². The molecule has 0 aromatic carbocycles. The highest BCUT2D eigenvalue weighted by Crippen LogP contribution is 2.31. The molecule has 2 N–H and O–H groups in total. The summed E-state index contributed by atoms with van der Waals surface area (Å²) in [5.41, 5.74) is 0.808. The summed E-state index contributed by atoms with van der Waals surface area (Å²) >= 11 is 0. The third kappa shape index (κ3) is 1.76. The predicted octanol–water partition coefficient (Wildman–Crippen LogP) is 1.25. The van der Waals surface area contributed by atoms with Gasteiger partial charge in [-0.25, -0.2) is 0 Å². The Hall–Kier alpha value is -0.600. The first-order valence-electron chi connectivity index (χ1n) is 4.18. The highest BCUT2D eigenvalue weighted by molar-refractivity contribution is 5.29. The Morgan fingerprint density at radius 3 is 2.25 bits per heavy atom. The second-order valence-corrected chi connectivity index (χ2v) is 4.19. The molecule has 0 amide bonds. The van der Waals surface area contributed by atoms with E-state index in [0.29, 0.717) is 0 Å². The summed E-state index contributed by atoms with van der Waals surface area (Å²) in [6.45, 7) is 6.07. The second kappa shape index (κ2) is 3.04. The number of aliphatic hydroxyl groups excluding tert-OH is 2. The van der Waals surface area contributed by atoms with Gasteiger partial charge in [-0.05, 0) is 11.0 Å². The molecule has 1 aliphatic rings. The summed E-state index contributed by atoms with van der Waals surface area (Å²) in [5.74, 6) is 0. The van der Waals surface area contributed by atoms with Crippen molar-refractivity contribution in [3.63, 3.8) is 0 Å². The van der Waals surface area contributed by atoms with Crippen LogP contribution in [0.4, 0.5) is 0 Å². The fourth-order valence-corrected chi connectivity index (χ4v) is 1.35. The Labute approximate surface area is 73.2 Å². The molecule has 0 saturated heterocycles. The Bertz CT molecular complexity index is 220. The summed E-state index contributed by atoms with van der Waals surface area (Å²) in [7, 11) is 0. The molecular weight excluding hydrogens is 152 g/mol. The average molecular weight is 168 g/mol. The van der Waals surface area contributed by atoms with Gasteiger partial charge in [0.05, 0.1) is 0 Å². The minimum absolute atomic E-state index is 0.0782. The van der Waals surface area contributed by atoms with Gasteiger partial charge in [0.1, 0.15) is 12.2 Å². The van der Waals surface area contributed by atoms with E-state index >= 15 is 0 Å². The lowest BCUT2D eigenvalue weighted by molar-refractivity contribution is 0.0593. The Balaban J connectivity index is 2.90. The van der Waals surface area contributed by atoms with Crippen molar-refractivity contribution >= 4 is 0 Å². The molecule has 68 valence electrons. The van der Waals surface area contributed by atoms with E-state index in [2.05, 4.69) is 0 Å². The van der Waals surface area contributed by atoms with Crippen LogP contribution in [0.15, 0.2) is 23.8 Å². The molecule has 2 nitrogen and oxygen atoms in total. The minimum Gasteiger partial charge on any atom is -0.386 e. The van der Waals surface area contributed by atoms with E-state index in [1.165, 1.54) is 0 Å². The van der Waals surface area contributed by atoms with Gasteiger partial charge in [-0.2, -0.15) is 0 Å². The quantitative estimate of drug-likeness (QED) is 0.571. The van der Waals surface area contributed by atoms with Gasteiger partial charge in [0, 0.05) is 0 Å². The number of hydrogen-bond donors (Lipinski definition) is 2. The number of aliphatic hydroxyl groups is 2.